The highest BCUT2D eigenvalue weighted by atomic mass is 35.5. The molecule has 1 aromatic rings. The minimum atomic E-state index is -3.90. The summed E-state index contributed by atoms with van der Waals surface area (Å²) in [6, 6.07) is 2.57. The van der Waals surface area contributed by atoms with Crippen molar-refractivity contribution in [3.63, 3.8) is 0 Å². The van der Waals surface area contributed by atoms with E-state index in [4.69, 9.17) is 39.4 Å². The molecule has 112 valence electrons. The van der Waals surface area contributed by atoms with Crippen molar-refractivity contribution in [3.8, 4) is 0 Å². The summed E-state index contributed by atoms with van der Waals surface area (Å²) in [6.45, 7) is -0.371. The molecule has 5 N–H and O–H groups in total. The number of nitrogens with one attached hydrogen (secondary N) is 1. The second-order valence-corrected chi connectivity index (χ2v) is 6.25. The lowest BCUT2D eigenvalue weighted by atomic mass is 10.3. The molecular weight excluding hydrogens is 329 g/mol. The first-order chi connectivity index (χ1) is 9.24. The summed E-state index contributed by atoms with van der Waals surface area (Å²) in [6.07, 6.45) is 0. The van der Waals surface area contributed by atoms with Gasteiger partial charge in [-0.2, -0.15) is 0 Å². The van der Waals surface area contributed by atoms with Crippen LogP contribution in [0.1, 0.15) is 0 Å². The molecule has 0 heterocycles. The molecule has 1 amide bonds. The molecule has 0 saturated heterocycles. The van der Waals surface area contributed by atoms with E-state index in [-0.39, 0.29) is 40.4 Å². The van der Waals surface area contributed by atoms with Gasteiger partial charge in [-0.15, -0.1) is 0 Å². The normalized spacial score (nSPS) is 11.5. The average Bonchev–Trinajstić information content (AvgIpc) is 2.25. The summed E-state index contributed by atoms with van der Waals surface area (Å²) in [4.78, 5) is 10.2. The third kappa shape index (κ3) is 4.80. The van der Waals surface area contributed by atoms with Crippen LogP contribution in [0.15, 0.2) is 17.0 Å². The highest BCUT2D eigenvalue weighted by Gasteiger charge is 2.21. The molecule has 0 bridgehead atoms. The first kappa shape index (κ1) is 17.0. The van der Waals surface area contributed by atoms with Crippen LogP contribution in [0.2, 0.25) is 10.0 Å². The maximum atomic E-state index is 12.0. The van der Waals surface area contributed by atoms with E-state index in [1.54, 1.807) is 0 Å². The monoisotopic (exact) mass is 341 g/mol. The fourth-order valence-corrected chi connectivity index (χ4v) is 3.57. The highest BCUT2D eigenvalue weighted by molar-refractivity contribution is 7.89. The van der Waals surface area contributed by atoms with Crippen molar-refractivity contribution >= 4 is 44.8 Å². The average molecular weight is 342 g/mol. The maximum Gasteiger partial charge on any atom is 0.243 e. The van der Waals surface area contributed by atoms with Crippen molar-refractivity contribution in [3.05, 3.63) is 22.2 Å². The van der Waals surface area contributed by atoms with Gasteiger partial charge in [0.15, 0.2) is 0 Å². The van der Waals surface area contributed by atoms with Crippen LogP contribution in [0, 0.1) is 0 Å². The van der Waals surface area contributed by atoms with Crippen molar-refractivity contribution in [2.24, 2.45) is 5.73 Å². The number of carbonyl (C=O) groups excluding carboxylic acids is 1. The molecule has 0 aromatic heterocycles. The number of anilines is 1. The van der Waals surface area contributed by atoms with Gasteiger partial charge in [-0.3, -0.25) is 4.79 Å². The number of primary amides is 1. The van der Waals surface area contributed by atoms with E-state index < -0.39 is 15.9 Å². The van der Waals surface area contributed by atoms with E-state index in [1.807, 2.05) is 0 Å². The predicted octanol–water partition coefficient (Wildman–Crippen LogP) is 0.356. The van der Waals surface area contributed by atoms with E-state index in [0.29, 0.717) is 0 Å². The summed E-state index contributed by atoms with van der Waals surface area (Å²) >= 11 is 11.6. The number of nitrogens with two attached hydrogens (primary N) is 2. The van der Waals surface area contributed by atoms with Crippen LogP contribution in [0.4, 0.5) is 5.69 Å². The van der Waals surface area contributed by atoms with Crippen LogP contribution >= 0.6 is 23.2 Å². The van der Waals surface area contributed by atoms with Gasteiger partial charge in [0.2, 0.25) is 15.9 Å². The number of nitrogen functional groups attached to an aromatic ring is 1. The first-order valence-corrected chi connectivity index (χ1v) is 7.58. The molecule has 0 aliphatic heterocycles. The van der Waals surface area contributed by atoms with Gasteiger partial charge in [-0.25, -0.2) is 13.1 Å². The Hall–Kier alpha value is -1.06. The number of sulfonamides is 1. The van der Waals surface area contributed by atoms with Crippen molar-refractivity contribution in [1.29, 1.82) is 0 Å². The third-order valence-corrected chi connectivity index (χ3v) is 4.45. The molecule has 7 nitrogen and oxygen atoms in total. The quantitative estimate of drug-likeness (QED) is 0.487. The topological polar surface area (TPSA) is 125 Å². The van der Waals surface area contributed by atoms with Crippen molar-refractivity contribution in [2.75, 3.05) is 25.5 Å². The number of halogens is 2. The van der Waals surface area contributed by atoms with Crippen molar-refractivity contribution in [2.45, 2.75) is 4.90 Å². The molecule has 1 rings (SSSR count). The minimum absolute atomic E-state index is 0.0214. The number of amides is 1. The number of benzene rings is 1. The molecule has 0 atom stereocenters. The highest BCUT2D eigenvalue weighted by Crippen LogP contribution is 2.31. The molecule has 0 fully saturated rings. The number of hydrogen-bond acceptors (Lipinski definition) is 5. The lowest BCUT2D eigenvalue weighted by Crippen LogP contribution is -2.29. The second-order valence-electron chi connectivity index (χ2n) is 3.73. The Balaban J connectivity index is 2.73. The van der Waals surface area contributed by atoms with Crippen molar-refractivity contribution < 1.29 is 17.9 Å². The molecular formula is C10H13Cl2N3O4S. The molecule has 0 radical (unpaired) electrons. The number of carbonyl (C=O) groups is 1. The molecule has 0 aliphatic rings. The fourth-order valence-electron chi connectivity index (χ4n) is 1.33. The van der Waals surface area contributed by atoms with E-state index in [2.05, 4.69) is 4.72 Å². The Kier molecular flexibility index (Phi) is 6.03. The number of hydrogen-bond donors (Lipinski definition) is 3. The third-order valence-electron chi connectivity index (χ3n) is 2.07. The van der Waals surface area contributed by atoms with Crippen LogP contribution in [0.3, 0.4) is 0 Å². The maximum absolute atomic E-state index is 12.0. The van der Waals surface area contributed by atoms with Gasteiger partial charge in [0, 0.05) is 12.2 Å². The largest absolute Gasteiger partial charge is 0.399 e. The van der Waals surface area contributed by atoms with Gasteiger partial charge in [0.05, 0.1) is 16.7 Å². The van der Waals surface area contributed by atoms with E-state index >= 15 is 0 Å². The van der Waals surface area contributed by atoms with Crippen LogP contribution in [0.25, 0.3) is 0 Å². The first-order valence-electron chi connectivity index (χ1n) is 5.34. The Morgan fingerprint density at radius 1 is 1.30 bits per heavy atom. The molecule has 0 saturated carbocycles. The van der Waals surface area contributed by atoms with E-state index in [0.717, 1.165) is 0 Å². The van der Waals surface area contributed by atoms with Crippen LogP contribution < -0.4 is 16.2 Å². The molecule has 0 aliphatic carbocycles. The Morgan fingerprint density at radius 3 is 2.35 bits per heavy atom. The molecule has 0 spiro atoms. The SMILES string of the molecule is NC(=O)COCCNS(=O)(=O)c1c(Cl)cc(N)cc1Cl. The number of ether oxygens (including phenoxy) is 1. The smallest absolute Gasteiger partial charge is 0.243 e. The minimum Gasteiger partial charge on any atom is -0.399 e. The zero-order chi connectivity index (χ0) is 15.3. The summed E-state index contributed by atoms with van der Waals surface area (Å²) in [5, 5.41) is -0.166. The standard InChI is InChI=1S/C10H13Cl2N3O4S/c11-7-3-6(13)4-8(12)10(7)20(17,18)15-1-2-19-5-9(14)16/h3-4,15H,1-2,5,13H2,(H2,14,16). The van der Waals surface area contributed by atoms with Crippen LogP contribution in [-0.2, 0) is 19.6 Å². The summed E-state index contributed by atoms with van der Waals surface area (Å²) in [5.41, 5.74) is 10.6. The van der Waals surface area contributed by atoms with E-state index in [9.17, 15) is 13.2 Å². The van der Waals surface area contributed by atoms with E-state index in [1.165, 1.54) is 12.1 Å². The molecule has 10 heteroatoms. The lowest BCUT2D eigenvalue weighted by molar-refractivity contribution is -0.122. The number of rotatable bonds is 7. The molecule has 1 aromatic carbocycles. The van der Waals surface area contributed by atoms with Gasteiger partial charge >= 0.3 is 0 Å². The van der Waals surface area contributed by atoms with Gasteiger partial charge in [-0.05, 0) is 12.1 Å². The predicted molar refractivity (Wildman–Crippen MR) is 76.1 cm³/mol. The van der Waals surface area contributed by atoms with Gasteiger partial charge in [-0.1, -0.05) is 23.2 Å². The van der Waals surface area contributed by atoms with Gasteiger partial charge in [0.25, 0.3) is 0 Å². The lowest BCUT2D eigenvalue weighted by Gasteiger charge is -2.10. The van der Waals surface area contributed by atoms with Crippen LogP contribution in [0.5, 0.6) is 0 Å². The Morgan fingerprint density at radius 2 is 1.85 bits per heavy atom. The fraction of sp³-hybridized carbons (Fsp3) is 0.300. The molecule has 20 heavy (non-hydrogen) atoms. The van der Waals surface area contributed by atoms with Gasteiger partial charge < -0.3 is 16.2 Å². The zero-order valence-electron chi connectivity index (χ0n) is 10.2. The Bertz CT molecular complexity index is 584. The summed E-state index contributed by atoms with van der Waals surface area (Å²) < 4.78 is 31.1. The van der Waals surface area contributed by atoms with Gasteiger partial charge in [0.1, 0.15) is 11.5 Å². The second kappa shape index (κ2) is 7.09. The molecule has 0 unspecified atom stereocenters. The zero-order valence-corrected chi connectivity index (χ0v) is 12.6. The van der Waals surface area contributed by atoms with Crippen LogP contribution in [-0.4, -0.2) is 34.1 Å². The summed E-state index contributed by atoms with van der Waals surface area (Å²) in [7, 11) is -3.90. The summed E-state index contributed by atoms with van der Waals surface area (Å²) in [5.74, 6) is -0.641. The Labute approximate surface area is 126 Å². The van der Waals surface area contributed by atoms with Crippen molar-refractivity contribution in [1.82, 2.24) is 4.72 Å².